The Morgan fingerprint density at radius 3 is 2.64 bits per heavy atom. The zero-order valence-electron chi connectivity index (χ0n) is 17.1. The van der Waals surface area contributed by atoms with E-state index in [4.69, 9.17) is 9.47 Å². The molecular weight excluding hydrogens is 356 g/mol. The predicted molar refractivity (Wildman–Crippen MR) is 107 cm³/mol. The molecule has 1 heterocycles. The molecule has 1 fully saturated rings. The van der Waals surface area contributed by atoms with Crippen molar-refractivity contribution in [3.63, 3.8) is 0 Å². The Morgan fingerprint density at radius 1 is 1.18 bits per heavy atom. The molecule has 0 aromatic heterocycles. The number of nitrogens with one attached hydrogen (secondary N) is 2. The Balaban J connectivity index is 1.87. The van der Waals surface area contributed by atoms with Crippen molar-refractivity contribution in [2.24, 2.45) is 11.8 Å². The zero-order valence-corrected chi connectivity index (χ0v) is 17.1. The Hall–Kier alpha value is -2.50. The molecular formula is C22H30N2O4. The van der Waals surface area contributed by atoms with Crippen LogP contribution in [-0.4, -0.2) is 24.7 Å². The second-order valence-electron chi connectivity index (χ2n) is 7.84. The lowest BCUT2D eigenvalue weighted by molar-refractivity contribution is -0.147. The van der Waals surface area contributed by atoms with Gasteiger partial charge in [0, 0.05) is 11.3 Å². The van der Waals surface area contributed by atoms with Gasteiger partial charge in [0.1, 0.15) is 11.9 Å². The Labute approximate surface area is 166 Å². The van der Waals surface area contributed by atoms with Crippen LogP contribution >= 0.6 is 0 Å². The quantitative estimate of drug-likeness (QED) is 0.748. The van der Waals surface area contributed by atoms with Gasteiger partial charge in [-0.25, -0.2) is 9.59 Å². The highest BCUT2D eigenvalue weighted by Gasteiger charge is 2.36. The third kappa shape index (κ3) is 4.32. The topological polar surface area (TPSA) is 76.7 Å². The largest absolute Gasteiger partial charge is 0.494 e. The molecule has 6 nitrogen and oxygen atoms in total. The maximum absolute atomic E-state index is 13.1. The fraction of sp³-hybridized carbons (Fsp3) is 0.545. The first-order valence-electron chi connectivity index (χ1n) is 10.1. The number of carbonyl (C=O) groups is 2. The summed E-state index contributed by atoms with van der Waals surface area (Å²) in [6.45, 7) is 8.59. The van der Waals surface area contributed by atoms with Gasteiger partial charge in [-0.15, -0.1) is 0 Å². The summed E-state index contributed by atoms with van der Waals surface area (Å²) >= 11 is 0. The summed E-state index contributed by atoms with van der Waals surface area (Å²) < 4.78 is 11.6. The summed E-state index contributed by atoms with van der Waals surface area (Å²) in [5.41, 5.74) is 1.69. The highest BCUT2D eigenvalue weighted by atomic mass is 16.5. The van der Waals surface area contributed by atoms with Crippen LogP contribution in [0.1, 0.15) is 58.6 Å². The molecule has 0 saturated heterocycles. The van der Waals surface area contributed by atoms with E-state index < -0.39 is 6.04 Å². The molecule has 4 atom stereocenters. The van der Waals surface area contributed by atoms with E-state index in [2.05, 4.69) is 24.5 Å². The minimum atomic E-state index is -0.607. The van der Waals surface area contributed by atoms with Crippen molar-refractivity contribution < 1.29 is 19.1 Å². The lowest BCUT2D eigenvalue weighted by Gasteiger charge is -2.34. The van der Waals surface area contributed by atoms with Gasteiger partial charge < -0.3 is 20.1 Å². The molecule has 1 aromatic rings. The summed E-state index contributed by atoms with van der Waals surface area (Å²) in [5.74, 6) is 1.45. The smallest absolute Gasteiger partial charge is 0.338 e. The van der Waals surface area contributed by atoms with Gasteiger partial charge in [-0.05, 0) is 51.0 Å². The summed E-state index contributed by atoms with van der Waals surface area (Å²) in [4.78, 5) is 25.2. The van der Waals surface area contributed by atoms with Gasteiger partial charge >= 0.3 is 12.0 Å². The van der Waals surface area contributed by atoms with E-state index >= 15 is 0 Å². The number of carbonyl (C=O) groups excluding carboxylic acids is 2. The van der Waals surface area contributed by atoms with Crippen LogP contribution in [0.3, 0.4) is 0 Å². The first-order valence-corrected chi connectivity index (χ1v) is 10.1. The number of benzene rings is 1. The van der Waals surface area contributed by atoms with Gasteiger partial charge in [-0.1, -0.05) is 32.0 Å². The van der Waals surface area contributed by atoms with Crippen LogP contribution in [0.25, 0.3) is 0 Å². The van der Waals surface area contributed by atoms with Crippen LogP contribution in [-0.2, 0) is 9.53 Å². The van der Waals surface area contributed by atoms with Crippen molar-refractivity contribution >= 4 is 12.0 Å². The number of hydrogen-bond donors (Lipinski definition) is 2. The highest BCUT2D eigenvalue weighted by molar-refractivity contribution is 5.95. The monoisotopic (exact) mass is 386 g/mol. The second-order valence-corrected chi connectivity index (χ2v) is 7.84. The zero-order chi connectivity index (χ0) is 20.3. The van der Waals surface area contributed by atoms with Gasteiger partial charge in [-0.3, -0.25) is 0 Å². The predicted octanol–water partition coefficient (Wildman–Crippen LogP) is 4.08. The molecule has 2 N–H and O–H groups in total. The third-order valence-electron chi connectivity index (χ3n) is 5.84. The highest BCUT2D eigenvalue weighted by Crippen LogP contribution is 2.35. The van der Waals surface area contributed by atoms with Crippen molar-refractivity contribution in [3.05, 3.63) is 41.1 Å². The van der Waals surface area contributed by atoms with Crippen LogP contribution in [0.4, 0.5) is 4.79 Å². The number of ether oxygens (including phenoxy) is 2. The van der Waals surface area contributed by atoms with Crippen LogP contribution in [0.2, 0.25) is 0 Å². The third-order valence-corrected chi connectivity index (χ3v) is 5.84. The van der Waals surface area contributed by atoms with Crippen LogP contribution in [0, 0.1) is 11.8 Å². The minimum absolute atomic E-state index is 0.0839. The van der Waals surface area contributed by atoms with Gasteiger partial charge in [0.2, 0.25) is 0 Å². The maximum atomic E-state index is 13.1. The van der Waals surface area contributed by atoms with Crippen LogP contribution in [0.5, 0.6) is 5.75 Å². The molecule has 0 bridgehead atoms. The number of amides is 2. The second kappa shape index (κ2) is 8.67. The standard InChI is InChI=1S/C22H30N2O4/c1-5-27-18-9-7-6-8-17(18)20-19(15(4)23-22(26)24-20)21(25)28-16-11-10-13(2)14(3)12-16/h6-9,13-14,16,20H,5,10-12H2,1-4H3,(H2,23,24,26)/t13-,14+,16-,20-/m0/s1. The van der Waals surface area contributed by atoms with Crippen molar-refractivity contribution in [3.8, 4) is 5.75 Å². The number of urea groups is 1. The first kappa shape index (κ1) is 20.2. The molecule has 152 valence electrons. The first-order chi connectivity index (χ1) is 13.4. The number of allylic oxidation sites excluding steroid dienone is 1. The summed E-state index contributed by atoms with van der Waals surface area (Å²) in [6.07, 6.45) is 2.73. The minimum Gasteiger partial charge on any atom is -0.494 e. The van der Waals surface area contributed by atoms with E-state index in [-0.39, 0.29) is 18.1 Å². The van der Waals surface area contributed by atoms with Crippen molar-refractivity contribution in [2.75, 3.05) is 6.61 Å². The fourth-order valence-corrected chi connectivity index (χ4v) is 4.02. The van der Waals surface area contributed by atoms with Crippen molar-refractivity contribution in [1.82, 2.24) is 10.6 Å². The summed E-state index contributed by atoms with van der Waals surface area (Å²) in [6, 6.07) is 6.50. The molecule has 2 amide bonds. The molecule has 1 saturated carbocycles. The Morgan fingerprint density at radius 2 is 1.93 bits per heavy atom. The molecule has 1 aromatic carbocycles. The molecule has 2 aliphatic rings. The summed E-state index contributed by atoms with van der Waals surface area (Å²) in [5, 5.41) is 5.56. The van der Waals surface area contributed by atoms with Crippen molar-refractivity contribution in [1.29, 1.82) is 0 Å². The average Bonchev–Trinajstić information content (AvgIpc) is 2.64. The van der Waals surface area contributed by atoms with Crippen LogP contribution < -0.4 is 15.4 Å². The van der Waals surface area contributed by atoms with E-state index in [0.717, 1.165) is 24.8 Å². The molecule has 0 radical (unpaired) electrons. The SMILES string of the molecule is CCOc1ccccc1[C@@H]1NC(=O)NC(C)=C1C(=O)O[C@H]1CC[C@H](C)[C@H](C)C1. The normalized spacial score (nSPS) is 27.6. The molecule has 0 spiro atoms. The van der Waals surface area contributed by atoms with E-state index in [1.807, 2.05) is 31.2 Å². The number of hydrogen-bond acceptors (Lipinski definition) is 4. The Bertz CT molecular complexity index is 774. The average molecular weight is 386 g/mol. The Kier molecular flexibility index (Phi) is 6.27. The number of esters is 1. The van der Waals surface area contributed by atoms with Gasteiger partial charge in [0.15, 0.2) is 0 Å². The molecule has 1 aliphatic carbocycles. The lowest BCUT2D eigenvalue weighted by atomic mass is 9.80. The van der Waals surface area contributed by atoms with Gasteiger partial charge in [0.05, 0.1) is 18.2 Å². The number of para-hydroxylation sites is 1. The maximum Gasteiger partial charge on any atom is 0.338 e. The molecule has 3 rings (SSSR count). The van der Waals surface area contributed by atoms with E-state index in [1.165, 1.54) is 0 Å². The summed E-state index contributed by atoms with van der Waals surface area (Å²) in [7, 11) is 0. The molecule has 28 heavy (non-hydrogen) atoms. The van der Waals surface area contributed by atoms with Crippen LogP contribution in [0.15, 0.2) is 35.5 Å². The van der Waals surface area contributed by atoms with Crippen molar-refractivity contribution in [2.45, 2.75) is 59.1 Å². The molecule has 6 heteroatoms. The van der Waals surface area contributed by atoms with E-state index in [0.29, 0.717) is 35.5 Å². The van der Waals surface area contributed by atoms with Gasteiger partial charge in [-0.2, -0.15) is 0 Å². The number of rotatable bonds is 5. The van der Waals surface area contributed by atoms with E-state index in [1.54, 1.807) is 6.92 Å². The molecule has 1 aliphatic heterocycles. The lowest BCUT2D eigenvalue weighted by Crippen LogP contribution is -2.46. The molecule has 0 unspecified atom stereocenters. The fourth-order valence-electron chi connectivity index (χ4n) is 4.02. The van der Waals surface area contributed by atoms with E-state index in [9.17, 15) is 9.59 Å². The van der Waals surface area contributed by atoms with Gasteiger partial charge in [0.25, 0.3) is 0 Å².